The predicted molar refractivity (Wildman–Crippen MR) is 142 cm³/mol. The van der Waals surface area contributed by atoms with Gasteiger partial charge in [0.05, 0.1) is 14.8 Å². The molecule has 9 nitrogen and oxygen atoms in total. The van der Waals surface area contributed by atoms with E-state index in [0.29, 0.717) is 5.75 Å². The summed E-state index contributed by atoms with van der Waals surface area (Å²) in [6.07, 6.45) is -3.07. The molecule has 0 atom stereocenters. The quantitative estimate of drug-likeness (QED) is 0.185. The standard InChI is InChI=1S/C21H23N5O2S3.C2HF3O2/c1-29-21-15(10-17(31-21)19(22)23)20-25-16(12-30-20)13-3-2-4-14(9-13)28-11-18(27)26-7-5-24-6-8-26;3-2(4,5)1(6)7/h2-4,9-10,12,24H,5-8,11H2,1H3,(H3,22,23);(H,6,7). The monoisotopic (exact) mass is 587 g/mol. The van der Waals surface area contributed by atoms with E-state index >= 15 is 0 Å². The van der Waals surface area contributed by atoms with Gasteiger partial charge in [-0.2, -0.15) is 13.2 Å². The Morgan fingerprint density at radius 3 is 2.58 bits per heavy atom. The van der Waals surface area contributed by atoms with Crippen molar-refractivity contribution in [3.05, 3.63) is 40.6 Å². The van der Waals surface area contributed by atoms with Crippen LogP contribution in [0.4, 0.5) is 13.2 Å². The zero-order valence-electron chi connectivity index (χ0n) is 20.0. The predicted octanol–water partition coefficient (Wildman–Crippen LogP) is 3.99. The van der Waals surface area contributed by atoms with Crippen molar-refractivity contribution in [1.82, 2.24) is 15.2 Å². The van der Waals surface area contributed by atoms with Gasteiger partial charge in [0.25, 0.3) is 5.91 Å². The summed E-state index contributed by atoms with van der Waals surface area (Å²) in [5.41, 5.74) is 8.45. The molecule has 1 aliphatic rings. The third-order valence-electron chi connectivity index (χ3n) is 5.09. The lowest BCUT2D eigenvalue weighted by atomic mass is 10.1. The molecule has 1 fully saturated rings. The first-order valence-corrected chi connectivity index (χ1v) is 13.9. The van der Waals surface area contributed by atoms with Gasteiger partial charge < -0.3 is 25.8 Å². The molecule has 3 heterocycles. The molecule has 204 valence electrons. The summed E-state index contributed by atoms with van der Waals surface area (Å²) in [5.74, 6) is -2.03. The summed E-state index contributed by atoms with van der Waals surface area (Å²) in [6, 6.07) is 9.58. The zero-order chi connectivity index (χ0) is 27.9. The molecule has 0 aliphatic carbocycles. The number of hydrogen-bond donors (Lipinski definition) is 4. The van der Waals surface area contributed by atoms with E-state index in [-0.39, 0.29) is 18.3 Å². The number of amidine groups is 1. The summed E-state index contributed by atoms with van der Waals surface area (Å²) >= 11 is 4.70. The van der Waals surface area contributed by atoms with Gasteiger partial charge in [-0.3, -0.25) is 10.2 Å². The molecule has 1 aliphatic heterocycles. The molecule has 1 amide bonds. The highest BCUT2D eigenvalue weighted by Crippen LogP contribution is 2.40. The van der Waals surface area contributed by atoms with E-state index in [9.17, 15) is 18.0 Å². The number of amides is 1. The van der Waals surface area contributed by atoms with Crippen LogP contribution in [0.2, 0.25) is 0 Å². The first-order valence-electron chi connectivity index (χ1n) is 11.0. The van der Waals surface area contributed by atoms with Gasteiger partial charge in [-0.25, -0.2) is 9.78 Å². The lowest BCUT2D eigenvalue weighted by Gasteiger charge is -2.27. The number of benzene rings is 1. The summed E-state index contributed by atoms with van der Waals surface area (Å²) in [7, 11) is 0. The number of rotatable bonds is 7. The van der Waals surface area contributed by atoms with Gasteiger partial charge in [-0.05, 0) is 24.5 Å². The highest BCUT2D eigenvalue weighted by molar-refractivity contribution is 8.00. The second kappa shape index (κ2) is 13.1. The van der Waals surface area contributed by atoms with Crippen LogP contribution in [0.25, 0.3) is 21.8 Å². The van der Waals surface area contributed by atoms with Crippen molar-refractivity contribution in [3.8, 4) is 27.6 Å². The highest BCUT2D eigenvalue weighted by atomic mass is 32.2. The molecule has 0 unspecified atom stereocenters. The van der Waals surface area contributed by atoms with Crippen molar-refractivity contribution in [2.24, 2.45) is 5.73 Å². The number of halogens is 3. The second-order valence-corrected chi connectivity index (χ2v) is 10.7. The maximum atomic E-state index is 12.3. The highest BCUT2D eigenvalue weighted by Gasteiger charge is 2.38. The number of alkyl halides is 3. The van der Waals surface area contributed by atoms with E-state index in [0.717, 1.165) is 57.1 Å². The number of aliphatic carboxylic acids is 1. The van der Waals surface area contributed by atoms with Gasteiger partial charge in [-0.1, -0.05) is 12.1 Å². The van der Waals surface area contributed by atoms with Gasteiger partial charge in [0.15, 0.2) is 6.61 Å². The van der Waals surface area contributed by atoms with E-state index in [1.807, 2.05) is 46.9 Å². The normalized spacial score (nSPS) is 13.4. The van der Waals surface area contributed by atoms with Crippen molar-refractivity contribution >= 4 is 52.1 Å². The molecule has 4 rings (SSSR count). The van der Waals surface area contributed by atoms with E-state index in [2.05, 4.69) is 5.32 Å². The largest absolute Gasteiger partial charge is 0.490 e. The fraction of sp³-hybridized carbons (Fsp3) is 0.304. The lowest BCUT2D eigenvalue weighted by Crippen LogP contribution is -2.47. The number of carbonyl (C=O) groups excluding carboxylic acids is 1. The Morgan fingerprint density at radius 1 is 1.29 bits per heavy atom. The Labute approximate surface area is 228 Å². The van der Waals surface area contributed by atoms with Gasteiger partial charge in [0, 0.05) is 42.7 Å². The Morgan fingerprint density at radius 2 is 1.97 bits per heavy atom. The number of piperazine rings is 1. The van der Waals surface area contributed by atoms with Gasteiger partial charge in [0.1, 0.15) is 16.6 Å². The fourth-order valence-corrected chi connectivity index (χ4v) is 5.94. The minimum absolute atomic E-state index is 0.00572. The number of thiophene rings is 1. The number of nitrogens with two attached hydrogens (primary N) is 1. The first-order chi connectivity index (χ1) is 18.0. The smallest absolute Gasteiger partial charge is 0.484 e. The summed E-state index contributed by atoms with van der Waals surface area (Å²) in [5, 5.41) is 21.0. The molecule has 0 saturated carbocycles. The number of aromatic nitrogens is 1. The van der Waals surface area contributed by atoms with Crippen molar-refractivity contribution in [2.75, 3.05) is 39.0 Å². The third kappa shape index (κ3) is 7.93. The Hall–Kier alpha value is -3.14. The van der Waals surface area contributed by atoms with Crippen LogP contribution in [-0.4, -0.2) is 77.9 Å². The molecule has 38 heavy (non-hydrogen) atoms. The Balaban J connectivity index is 0.000000505. The molecule has 2 aromatic heterocycles. The van der Waals surface area contributed by atoms with Crippen LogP contribution < -0.4 is 15.8 Å². The van der Waals surface area contributed by atoms with Crippen LogP contribution in [0.5, 0.6) is 5.75 Å². The maximum Gasteiger partial charge on any atom is 0.490 e. The zero-order valence-corrected chi connectivity index (χ0v) is 22.5. The van der Waals surface area contributed by atoms with Crippen molar-refractivity contribution < 1.29 is 32.6 Å². The summed E-state index contributed by atoms with van der Waals surface area (Å²) < 4.78 is 38.6. The SMILES string of the molecule is CSc1sc(C(=N)N)cc1-c1nc(-c2cccc(OCC(=O)N3CCNCC3)c2)cs1.O=C(O)C(F)(F)F. The van der Waals surface area contributed by atoms with E-state index in [1.54, 1.807) is 23.1 Å². The molecular formula is C23H24F3N5O4S3. The Kier molecular flexibility index (Phi) is 10.1. The third-order valence-corrected chi connectivity index (χ3v) is 8.27. The van der Waals surface area contributed by atoms with E-state index < -0.39 is 12.1 Å². The average molecular weight is 588 g/mol. The van der Waals surface area contributed by atoms with Crippen LogP contribution in [0.1, 0.15) is 4.88 Å². The second-order valence-electron chi connectivity index (χ2n) is 7.72. The van der Waals surface area contributed by atoms with Crippen molar-refractivity contribution in [1.29, 1.82) is 5.41 Å². The topological polar surface area (TPSA) is 142 Å². The van der Waals surface area contributed by atoms with Crippen LogP contribution in [0.3, 0.4) is 0 Å². The number of ether oxygens (including phenoxy) is 1. The molecule has 5 N–H and O–H groups in total. The van der Waals surface area contributed by atoms with Crippen molar-refractivity contribution in [3.63, 3.8) is 0 Å². The first kappa shape index (κ1) is 29.4. The molecule has 0 bridgehead atoms. The molecule has 1 aromatic carbocycles. The number of nitrogens with one attached hydrogen (secondary N) is 2. The van der Waals surface area contributed by atoms with Crippen LogP contribution >= 0.6 is 34.4 Å². The number of carboxylic acid groups (broad SMARTS) is 1. The van der Waals surface area contributed by atoms with Crippen LogP contribution in [0, 0.1) is 5.41 Å². The van der Waals surface area contributed by atoms with Gasteiger partial charge in [-0.15, -0.1) is 34.4 Å². The van der Waals surface area contributed by atoms with E-state index in [1.165, 1.54) is 11.3 Å². The molecule has 3 aromatic rings. The Bertz CT molecular complexity index is 1290. The number of carboxylic acids is 1. The number of nitrogen functional groups attached to an aromatic ring is 1. The van der Waals surface area contributed by atoms with Crippen LogP contribution in [-0.2, 0) is 9.59 Å². The minimum Gasteiger partial charge on any atom is -0.484 e. The fourth-order valence-electron chi connectivity index (χ4n) is 3.23. The molecule has 15 heteroatoms. The molecule has 0 spiro atoms. The number of hydrogen-bond acceptors (Lipinski definition) is 9. The molecular weight excluding hydrogens is 563 g/mol. The van der Waals surface area contributed by atoms with Gasteiger partial charge in [0.2, 0.25) is 0 Å². The number of nitrogens with zero attached hydrogens (tertiary/aromatic N) is 2. The van der Waals surface area contributed by atoms with E-state index in [4.69, 9.17) is 30.8 Å². The van der Waals surface area contributed by atoms with Crippen LogP contribution in [0.15, 0.2) is 39.9 Å². The minimum atomic E-state index is -5.08. The molecule has 0 radical (unpaired) electrons. The number of thioether (sulfide) groups is 1. The maximum absolute atomic E-state index is 12.3. The summed E-state index contributed by atoms with van der Waals surface area (Å²) in [6.45, 7) is 3.12. The summed E-state index contributed by atoms with van der Waals surface area (Å²) in [4.78, 5) is 28.6. The molecule has 1 saturated heterocycles. The number of carbonyl (C=O) groups is 2. The average Bonchev–Trinajstić information content (AvgIpc) is 3.55. The van der Waals surface area contributed by atoms with Gasteiger partial charge >= 0.3 is 12.1 Å². The van der Waals surface area contributed by atoms with Crippen molar-refractivity contribution in [2.45, 2.75) is 10.4 Å². The lowest BCUT2D eigenvalue weighted by molar-refractivity contribution is -0.192. The number of thiazole rings is 1.